The Hall–Kier alpha value is -2.25. The van der Waals surface area contributed by atoms with Crippen LogP contribution >= 0.6 is 0 Å². The van der Waals surface area contributed by atoms with Crippen LogP contribution < -0.4 is 0 Å². The van der Waals surface area contributed by atoms with E-state index in [2.05, 4.69) is 36.9 Å². The van der Waals surface area contributed by atoms with Gasteiger partial charge in [-0.25, -0.2) is 4.98 Å². The number of rotatable bonds is 6. The van der Waals surface area contributed by atoms with E-state index in [1.807, 2.05) is 37.5 Å². The van der Waals surface area contributed by atoms with Gasteiger partial charge in [0.2, 0.25) is 5.91 Å². The van der Waals surface area contributed by atoms with Crippen LogP contribution in [0.25, 0.3) is 0 Å². The molecule has 0 radical (unpaired) electrons. The minimum Gasteiger partial charge on any atom is -0.345 e. The van der Waals surface area contributed by atoms with Gasteiger partial charge in [0, 0.05) is 50.5 Å². The van der Waals surface area contributed by atoms with E-state index >= 15 is 0 Å². The lowest BCUT2D eigenvalue weighted by Crippen LogP contribution is -2.50. The van der Waals surface area contributed by atoms with Gasteiger partial charge in [0.25, 0.3) is 0 Å². The van der Waals surface area contributed by atoms with Crippen LogP contribution in [0.15, 0.2) is 30.7 Å². The molecular weight excluding hydrogens is 376 g/mol. The third-order valence-electron chi connectivity index (χ3n) is 6.55. The molecule has 4 rings (SSSR count). The van der Waals surface area contributed by atoms with Crippen LogP contribution in [0.1, 0.15) is 42.8 Å². The molecule has 2 aromatic rings. The molecule has 2 aliphatic rings. The molecule has 0 unspecified atom stereocenters. The third-order valence-corrected chi connectivity index (χ3v) is 6.55. The lowest BCUT2D eigenvalue weighted by Gasteiger charge is -2.42. The number of H-pyrrole nitrogens is 1. The normalized spacial score (nSPS) is 21.6. The Bertz CT molecular complexity index is 814. The van der Waals surface area contributed by atoms with E-state index in [1.165, 1.54) is 18.4 Å². The van der Waals surface area contributed by atoms with Crippen molar-refractivity contribution < 1.29 is 4.79 Å². The van der Waals surface area contributed by atoms with Crippen LogP contribution in [0.2, 0.25) is 0 Å². The van der Waals surface area contributed by atoms with Gasteiger partial charge < -0.3 is 9.88 Å². The Morgan fingerprint density at radius 2 is 1.97 bits per heavy atom. The highest BCUT2D eigenvalue weighted by Crippen LogP contribution is 2.25. The standard InChI is InChI=1S/C23H34N6O/c1-18-14-25-22(26-18)17-27(2)23(30)20-4-3-11-29(16-20)21-7-12-28(13-8-21)15-19-5-9-24-10-6-19/h5-6,9-10,14,20-21H,3-4,7-8,11-13,15-17H2,1-2H3,(H,25,26)/t20-/m1/s1. The van der Waals surface area contributed by atoms with Crippen LogP contribution in [0.3, 0.4) is 0 Å². The molecule has 7 nitrogen and oxygen atoms in total. The zero-order valence-corrected chi connectivity index (χ0v) is 18.3. The van der Waals surface area contributed by atoms with Crippen LogP contribution in [-0.4, -0.2) is 74.8 Å². The van der Waals surface area contributed by atoms with E-state index in [0.29, 0.717) is 12.6 Å². The fourth-order valence-corrected chi connectivity index (χ4v) is 4.89. The van der Waals surface area contributed by atoms with Gasteiger partial charge in [-0.3, -0.25) is 19.6 Å². The van der Waals surface area contributed by atoms with E-state index in [1.54, 1.807) is 0 Å². The molecule has 2 saturated heterocycles. The number of hydrogen-bond acceptors (Lipinski definition) is 5. The molecule has 162 valence electrons. The smallest absolute Gasteiger partial charge is 0.227 e. The number of piperidine rings is 2. The molecule has 7 heteroatoms. The van der Waals surface area contributed by atoms with Crippen molar-refractivity contribution in [2.45, 2.75) is 51.7 Å². The maximum atomic E-state index is 13.0. The van der Waals surface area contributed by atoms with Crippen molar-refractivity contribution in [1.29, 1.82) is 0 Å². The van der Waals surface area contributed by atoms with Crippen molar-refractivity contribution in [3.63, 3.8) is 0 Å². The van der Waals surface area contributed by atoms with Gasteiger partial charge in [-0.05, 0) is 69.9 Å². The molecule has 2 aromatic heterocycles. The van der Waals surface area contributed by atoms with Crippen molar-refractivity contribution in [3.05, 3.63) is 47.8 Å². The number of aryl methyl sites for hydroxylation is 1. The Kier molecular flexibility index (Phi) is 6.79. The van der Waals surface area contributed by atoms with E-state index in [0.717, 1.165) is 57.1 Å². The highest BCUT2D eigenvalue weighted by molar-refractivity contribution is 5.78. The molecule has 0 spiro atoms. The Labute approximate surface area is 179 Å². The van der Waals surface area contributed by atoms with Crippen LogP contribution in [0.5, 0.6) is 0 Å². The second-order valence-corrected chi connectivity index (χ2v) is 8.90. The summed E-state index contributed by atoms with van der Waals surface area (Å²) >= 11 is 0. The Morgan fingerprint density at radius 1 is 1.20 bits per heavy atom. The highest BCUT2D eigenvalue weighted by atomic mass is 16.2. The fraction of sp³-hybridized carbons (Fsp3) is 0.609. The van der Waals surface area contributed by atoms with Gasteiger partial charge in [0.1, 0.15) is 5.82 Å². The number of aromatic nitrogens is 3. The minimum atomic E-state index is 0.106. The lowest BCUT2D eigenvalue weighted by atomic mass is 9.93. The molecule has 2 fully saturated rings. The molecule has 1 N–H and O–H groups in total. The molecule has 0 aromatic carbocycles. The van der Waals surface area contributed by atoms with Crippen LogP contribution in [-0.2, 0) is 17.9 Å². The molecule has 1 amide bonds. The SMILES string of the molecule is Cc1cnc(CN(C)C(=O)[C@@H]2CCCN(C3CCN(Cc4ccncc4)CC3)C2)[nH]1. The number of likely N-dealkylation sites (tertiary alicyclic amines) is 2. The van der Waals surface area contributed by atoms with E-state index in [-0.39, 0.29) is 11.8 Å². The molecule has 0 bridgehead atoms. The molecular formula is C23H34N6O. The maximum Gasteiger partial charge on any atom is 0.227 e. The maximum absolute atomic E-state index is 13.0. The predicted octanol–water partition coefficient (Wildman–Crippen LogP) is 2.45. The molecule has 4 heterocycles. The number of pyridine rings is 1. The number of carbonyl (C=O) groups excluding carboxylic acids is 1. The van der Waals surface area contributed by atoms with Gasteiger partial charge >= 0.3 is 0 Å². The van der Waals surface area contributed by atoms with Crippen LogP contribution in [0, 0.1) is 12.8 Å². The number of nitrogens with one attached hydrogen (secondary N) is 1. The number of hydrogen-bond donors (Lipinski definition) is 1. The summed E-state index contributed by atoms with van der Waals surface area (Å²) in [4.78, 5) is 31.7. The summed E-state index contributed by atoms with van der Waals surface area (Å²) in [5, 5.41) is 0. The summed E-state index contributed by atoms with van der Waals surface area (Å²) in [7, 11) is 1.90. The molecule has 1 atom stereocenters. The van der Waals surface area contributed by atoms with E-state index < -0.39 is 0 Å². The number of imidazole rings is 1. The van der Waals surface area contributed by atoms with Crippen molar-refractivity contribution in [2.24, 2.45) is 5.92 Å². The zero-order valence-electron chi connectivity index (χ0n) is 18.3. The number of aromatic amines is 1. The van der Waals surface area contributed by atoms with Crippen molar-refractivity contribution in [1.82, 2.24) is 29.7 Å². The molecule has 30 heavy (non-hydrogen) atoms. The number of amides is 1. The monoisotopic (exact) mass is 410 g/mol. The summed E-state index contributed by atoms with van der Waals surface area (Å²) < 4.78 is 0. The molecule has 2 aliphatic heterocycles. The van der Waals surface area contributed by atoms with Gasteiger partial charge in [0.05, 0.1) is 12.5 Å². The quantitative estimate of drug-likeness (QED) is 0.792. The average Bonchev–Trinajstić information content (AvgIpc) is 3.19. The average molecular weight is 411 g/mol. The Morgan fingerprint density at radius 3 is 2.67 bits per heavy atom. The second kappa shape index (κ2) is 9.71. The Balaban J connectivity index is 1.26. The van der Waals surface area contributed by atoms with E-state index in [4.69, 9.17) is 0 Å². The van der Waals surface area contributed by atoms with Gasteiger partial charge in [0.15, 0.2) is 0 Å². The van der Waals surface area contributed by atoms with Crippen molar-refractivity contribution in [3.8, 4) is 0 Å². The van der Waals surface area contributed by atoms with Gasteiger partial charge in [-0.2, -0.15) is 0 Å². The first-order valence-electron chi connectivity index (χ1n) is 11.2. The topological polar surface area (TPSA) is 68.4 Å². The predicted molar refractivity (Wildman–Crippen MR) is 117 cm³/mol. The first-order valence-corrected chi connectivity index (χ1v) is 11.2. The summed E-state index contributed by atoms with van der Waals surface area (Å²) in [6.07, 6.45) is 10.0. The van der Waals surface area contributed by atoms with Crippen molar-refractivity contribution in [2.75, 3.05) is 33.2 Å². The summed E-state index contributed by atoms with van der Waals surface area (Å²) in [6.45, 7) is 7.82. The first-order chi connectivity index (χ1) is 14.6. The minimum absolute atomic E-state index is 0.106. The lowest BCUT2D eigenvalue weighted by molar-refractivity contribution is -0.137. The van der Waals surface area contributed by atoms with Crippen LogP contribution in [0.4, 0.5) is 0 Å². The van der Waals surface area contributed by atoms with Gasteiger partial charge in [-0.15, -0.1) is 0 Å². The van der Waals surface area contributed by atoms with Crippen molar-refractivity contribution >= 4 is 5.91 Å². The van der Waals surface area contributed by atoms with E-state index in [9.17, 15) is 4.79 Å². The molecule has 0 saturated carbocycles. The highest BCUT2D eigenvalue weighted by Gasteiger charge is 2.33. The summed E-state index contributed by atoms with van der Waals surface area (Å²) in [5.41, 5.74) is 2.37. The first kappa shape index (κ1) is 21.0. The summed E-state index contributed by atoms with van der Waals surface area (Å²) in [6, 6.07) is 4.81. The number of nitrogens with zero attached hydrogens (tertiary/aromatic N) is 5. The summed E-state index contributed by atoms with van der Waals surface area (Å²) in [5.74, 6) is 1.22. The molecule has 0 aliphatic carbocycles. The third kappa shape index (κ3) is 5.26. The second-order valence-electron chi connectivity index (χ2n) is 8.90. The largest absolute Gasteiger partial charge is 0.345 e. The fourth-order valence-electron chi connectivity index (χ4n) is 4.89. The van der Waals surface area contributed by atoms with Gasteiger partial charge in [-0.1, -0.05) is 0 Å². The zero-order chi connectivity index (χ0) is 20.9. The number of carbonyl (C=O) groups is 1.